The van der Waals surface area contributed by atoms with Crippen LogP contribution < -0.4 is 9.47 Å². The lowest BCUT2D eigenvalue weighted by molar-refractivity contribution is -0.137. The van der Waals surface area contributed by atoms with Crippen molar-refractivity contribution >= 4 is 5.97 Å². The zero-order valence-corrected chi connectivity index (χ0v) is 9.97. The third-order valence-corrected chi connectivity index (χ3v) is 3.20. The van der Waals surface area contributed by atoms with Crippen molar-refractivity contribution in [3.8, 4) is 11.5 Å². The topological polar surface area (TPSA) is 55.8 Å². The number of ether oxygens (including phenoxy) is 2. The molecule has 0 amide bonds. The molecule has 0 spiro atoms. The molecular weight excluding hydrogens is 220 g/mol. The lowest BCUT2D eigenvalue weighted by Crippen LogP contribution is -1.97. The first-order chi connectivity index (χ1) is 8.15. The van der Waals surface area contributed by atoms with Crippen LogP contribution in [0.2, 0.25) is 0 Å². The largest absolute Gasteiger partial charge is 0.493 e. The Morgan fingerprint density at radius 1 is 1.35 bits per heavy atom. The van der Waals surface area contributed by atoms with Crippen molar-refractivity contribution in [3.05, 3.63) is 23.8 Å². The van der Waals surface area contributed by atoms with Gasteiger partial charge in [-0.25, -0.2) is 0 Å². The van der Waals surface area contributed by atoms with E-state index in [0.717, 1.165) is 12.0 Å². The molecule has 2 atom stereocenters. The third-order valence-electron chi connectivity index (χ3n) is 3.20. The van der Waals surface area contributed by atoms with Crippen molar-refractivity contribution in [2.45, 2.75) is 18.8 Å². The van der Waals surface area contributed by atoms with Crippen LogP contribution in [-0.2, 0) is 4.79 Å². The first-order valence-corrected chi connectivity index (χ1v) is 5.59. The standard InChI is InChI=1S/C13H16O4/c1-16-11-4-3-8(6-12(11)17-2)10-5-9(10)7-13(14)15/h3-4,6,9-10H,5,7H2,1-2H3,(H,14,15). The van der Waals surface area contributed by atoms with Crippen molar-refractivity contribution in [3.63, 3.8) is 0 Å². The smallest absolute Gasteiger partial charge is 0.303 e. The lowest BCUT2D eigenvalue weighted by atomic mass is 10.1. The summed E-state index contributed by atoms with van der Waals surface area (Å²) < 4.78 is 10.4. The minimum absolute atomic E-state index is 0.249. The van der Waals surface area contributed by atoms with Gasteiger partial charge in [-0.15, -0.1) is 0 Å². The summed E-state index contributed by atoms with van der Waals surface area (Å²) >= 11 is 0. The van der Waals surface area contributed by atoms with Crippen LogP contribution in [0.15, 0.2) is 18.2 Å². The Morgan fingerprint density at radius 2 is 2.06 bits per heavy atom. The van der Waals surface area contributed by atoms with E-state index >= 15 is 0 Å². The van der Waals surface area contributed by atoms with Gasteiger partial charge in [-0.05, 0) is 36.0 Å². The van der Waals surface area contributed by atoms with Gasteiger partial charge in [-0.3, -0.25) is 4.79 Å². The molecule has 0 saturated heterocycles. The number of carboxylic acids is 1. The number of hydrogen-bond donors (Lipinski definition) is 1. The zero-order valence-electron chi connectivity index (χ0n) is 9.97. The fourth-order valence-electron chi connectivity index (χ4n) is 2.19. The Hall–Kier alpha value is -1.71. The van der Waals surface area contributed by atoms with Crippen molar-refractivity contribution in [2.24, 2.45) is 5.92 Å². The zero-order chi connectivity index (χ0) is 12.4. The molecule has 0 aliphatic heterocycles. The molecule has 2 unspecified atom stereocenters. The van der Waals surface area contributed by atoms with E-state index in [1.807, 2.05) is 18.2 Å². The van der Waals surface area contributed by atoms with Gasteiger partial charge in [0.1, 0.15) is 0 Å². The Balaban J connectivity index is 2.11. The summed E-state index contributed by atoms with van der Waals surface area (Å²) in [6.07, 6.45) is 1.20. The van der Waals surface area contributed by atoms with Gasteiger partial charge in [0.15, 0.2) is 11.5 Å². The fourth-order valence-corrected chi connectivity index (χ4v) is 2.19. The Labute approximate surface area is 100 Å². The molecule has 4 heteroatoms. The average molecular weight is 236 g/mol. The van der Waals surface area contributed by atoms with Gasteiger partial charge >= 0.3 is 5.97 Å². The van der Waals surface area contributed by atoms with Gasteiger partial charge in [0.05, 0.1) is 14.2 Å². The Kier molecular flexibility index (Phi) is 3.22. The highest BCUT2D eigenvalue weighted by atomic mass is 16.5. The van der Waals surface area contributed by atoms with Gasteiger partial charge < -0.3 is 14.6 Å². The van der Waals surface area contributed by atoms with Crippen LogP contribution in [0.5, 0.6) is 11.5 Å². The molecule has 92 valence electrons. The van der Waals surface area contributed by atoms with Crippen LogP contribution in [0.1, 0.15) is 24.3 Å². The van der Waals surface area contributed by atoms with Crippen LogP contribution in [-0.4, -0.2) is 25.3 Å². The summed E-state index contributed by atoms with van der Waals surface area (Å²) in [7, 11) is 3.20. The van der Waals surface area contributed by atoms with Gasteiger partial charge in [0.2, 0.25) is 0 Å². The second kappa shape index (κ2) is 4.65. The van der Waals surface area contributed by atoms with E-state index < -0.39 is 5.97 Å². The van der Waals surface area contributed by atoms with Gasteiger partial charge in [-0.2, -0.15) is 0 Å². The fraction of sp³-hybridized carbons (Fsp3) is 0.462. The normalized spacial score (nSPS) is 22.0. The van der Waals surface area contributed by atoms with Crippen LogP contribution in [0, 0.1) is 5.92 Å². The molecule has 1 saturated carbocycles. The second-order valence-corrected chi connectivity index (χ2v) is 4.31. The third kappa shape index (κ3) is 2.52. The van der Waals surface area contributed by atoms with Crippen LogP contribution in [0.25, 0.3) is 0 Å². The number of hydrogen-bond acceptors (Lipinski definition) is 3. The van der Waals surface area contributed by atoms with E-state index in [0.29, 0.717) is 17.4 Å². The summed E-state index contributed by atoms with van der Waals surface area (Å²) in [5.41, 5.74) is 1.13. The van der Waals surface area contributed by atoms with E-state index in [-0.39, 0.29) is 12.3 Å². The molecule has 0 aromatic heterocycles. The highest BCUT2D eigenvalue weighted by Crippen LogP contribution is 2.50. The van der Waals surface area contributed by atoms with E-state index in [4.69, 9.17) is 14.6 Å². The molecule has 1 N–H and O–H groups in total. The van der Waals surface area contributed by atoms with Crippen molar-refractivity contribution in [2.75, 3.05) is 14.2 Å². The highest BCUT2D eigenvalue weighted by molar-refractivity contribution is 5.68. The first-order valence-electron chi connectivity index (χ1n) is 5.59. The van der Waals surface area contributed by atoms with Crippen molar-refractivity contribution in [1.29, 1.82) is 0 Å². The molecule has 1 aliphatic carbocycles. The molecule has 1 aromatic rings. The number of benzene rings is 1. The number of carbonyl (C=O) groups is 1. The molecule has 2 rings (SSSR count). The van der Waals surface area contributed by atoms with Gasteiger partial charge in [0, 0.05) is 6.42 Å². The van der Waals surface area contributed by atoms with Crippen molar-refractivity contribution < 1.29 is 19.4 Å². The number of aliphatic carboxylic acids is 1. The molecule has 17 heavy (non-hydrogen) atoms. The van der Waals surface area contributed by atoms with Crippen molar-refractivity contribution in [1.82, 2.24) is 0 Å². The predicted molar refractivity (Wildman–Crippen MR) is 62.6 cm³/mol. The minimum atomic E-state index is -0.724. The van der Waals surface area contributed by atoms with E-state index in [1.54, 1.807) is 14.2 Å². The van der Waals surface area contributed by atoms with Gasteiger partial charge in [-0.1, -0.05) is 6.07 Å². The molecular formula is C13H16O4. The minimum Gasteiger partial charge on any atom is -0.493 e. The van der Waals surface area contributed by atoms with Crippen LogP contribution in [0.4, 0.5) is 0 Å². The maximum absolute atomic E-state index is 10.6. The molecule has 0 bridgehead atoms. The summed E-state index contributed by atoms with van der Waals surface area (Å²) in [5, 5.41) is 8.73. The Bertz CT molecular complexity index is 427. The van der Waals surface area contributed by atoms with E-state index in [9.17, 15) is 4.79 Å². The number of rotatable bonds is 5. The molecule has 0 heterocycles. The average Bonchev–Trinajstić information content (AvgIpc) is 3.06. The maximum atomic E-state index is 10.6. The molecule has 4 nitrogen and oxygen atoms in total. The molecule has 1 aliphatic rings. The molecule has 1 aromatic carbocycles. The van der Waals surface area contributed by atoms with E-state index in [2.05, 4.69) is 0 Å². The number of carboxylic acid groups (broad SMARTS) is 1. The second-order valence-electron chi connectivity index (χ2n) is 4.31. The summed E-state index contributed by atoms with van der Waals surface area (Å²) in [6, 6.07) is 5.78. The SMILES string of the molecule is COc1ccc(C2CC2CC(=O)O)cc1OC. The maximum Gasteiger partial charge on any atom is 0.303 e. The molecule has 0 radical (unpaired) electrons. The Morgan fingerprint density at radius 3 is 2.65 bits per heavy atom. The van der Waals surface area contributed by atoms with E-state index in [1.165, 1.54) is 0 Å². The van der Waals surface area contributed by atoms with Crippen LogP contribution in [0.3, 0.4) is 0 Å². The number of methoxy groups -OCH3 is 2. The van der Waals surface area contributed by atoms with Crippen LogP contribution >= 0.6 is 0 Å². The summed E-state index contributed by atoms with van der Waals surface area (Å²) in [5.74, 6) is 1.30. The van der Waals surface area contributed by atoms with Gasteiger partial charge in [0.25, 0.3) is 0 Å². The monoisotopic (exact) mass is 236 g/mol. The summed E-state index contributed by atoms with van der Waals surface area (Å²) in [6.45, 7) is 0. The quantitative estimate of drug-likeness (QED) is 0.852. The lowest BCUT2D eigenvalue weighted by Gasteiger charge is -2.09. The predicted octanol–water partition coefficient (Wildman–Crippen LogP) is 2.28. The molecule has 1 fully saturated rings. The summed E-state index contributed by atoms with van der Waals surface area (Å²) in [4.78, 5) is 10.6. The highest BCUT2D eigenvalue weighted by Gasteiger charge is 2.39. The first kappa shape index (κ1) is 11.8.